The van der Waals surface area contributed by atoms with Crippen molar-refractivity contribution in [1.82, 2.24) is 10.3 Å². The first-order valence-electron chi connectivity index (χ1n) is 7.28. The lowest BCUT2D eigenvalue weighted by Crippen LogP contribution is -2.38. The Hall–Kier alpha value is -2.35. The average Bonchev–Trinajstić information content (AvgIpc) is 3.02. The van der Waals surface area contributed by atoms with E-state index in [1.165, 1.54) is 29.5 Å². The Balaban J connectivity index is 1.66. The van der Waals surface area contributed by atoms with Gasteiger partial charge in [0.25, 0.3) is 5.91 Å². The molecule has 2 unspecified atom stereocenters. The molecular formula is C17H15FN2O3S. The third-order valence-corrected chi connectivity index (χ3v) is 4.59. The number of benzene rings is 2. The fourth-order valence-electron chi connectivity index (χ4n) is 2.24. The van der Waals surface area contributed by atoms with Crippen LogP contribution in [0.3, 0.4) is 0 Å². The van der Waals surface area contributed by atoms with Crippen LogP contribution < -0.4 is 5.32 Å². The first-order chi connectivity index (χ1) is 11.5. The molecule has 1 aromatic heterocycles. The molecule has 0 aliphatic heterocycles. The Morgan fingerprint density at radius 3 is 2.75 bits per heavy atom. The molecule has 0 saturated heterocycles. The van der Waals surface area contributed by atoms with Gasteiger partial charge in [-0.2, -0.15) is 0 Å². The predicted octanol–water partition coefficient (Wildman–Crippen LogP) is 2.15. The highest BCUT2D eigenvalue weighted by Gasteiger charge is 2.28. The topological polar surface area (TPSA) is 82.5 Å². The summed E-state index contributed by atoms with van der Waals surface area (Å²) in [4.78, 5) is 16.2. The lowest BCUT2D eigenvalue weighted by molar-refractivity contribution is -0.135. The van der Waals surface area contributed by atoms with Gasteiger partial charge in [0.1, 0.15) is 16.9 Å². The molecule has 1 heterocycles. The molecule has 0 aliphatic carbocycles. The van der Waals surface area contributed by atoms with E-state index >= 15 is 0 Å². The molecule has 0 radical (unpaired) electrons. The van der Waals surface area contributed by atoms with E-state index in [1.54, 1.807) is 12.1 Å². The quantitative estimate of drug-likeness (QED) is 0.661. The lowest BCUT2D eigenvalue weighted by atomic mass is 10.2. The van der Waals surface area contributed by atoms with Gasteiger partial charge in [-0.05, 0) is 29.8 Å². The van der Waals surface area contributed by atoms with Crippen LogP contribution in [0.15, 0.2) is 48.5 Å². The van der Waals surface area contributed by atoms with Crippen LogP contribution >= 0.6 is 11.3 Å². The van der Waals surface area contributed by atoms with E-state index in [9.17, 15) is 19.4 Å². The molecule has 3 aromatic rings. The predicted molar refractivity (Wildman–Crippen MR) is 88.8 cm³/mol. The van der Waals surface area contributed by atoms with Crippen LogP contribution in [0.4, 0.5) is 4.39 Å². The Bertz CT molecular complexity index is 835. The molecule has 0 bridgehead atoms. The second kappa shape index (κ2) is 7.04. The Morgan fingerprint density at radius 2 is 2.00 bits per heavy atom. The normalized spacial score (nSPS) is 13.6. The largest absolute Gasteiger partial charge is 0.383 e. The molecule has 7 heteroatoms. The number of nitrogens with one attached hydrogen (secondary N) is 1. The molecule has 2 aromatic carbocycles. The van der Waals surface area contributed by atoms with Gasteiger partial charge in [0.05, 0.1) is 10.2 Å². The minimum atomic E-state index is -1.65. The van der Waals surface area contributed by atoms with Gasteiger partial charge in [-0.1, -0.05) is 24.3 Å². The van der Waals surface area contributed by atoms with E-state index in [1.807, 2.05) is 18.2 Å². The molecular weight excluding hydrogens is 331 g/mol. The number of carbonyl (C=O) groups is 1. The van der Waals surface area contributed by atoms with Crippen LogP contribution in [0.1, 0.15) is 16.7 Å². The van der Waals surface area contributed by atoms with Crippen molar-refractivity contribution >= 4 is 27.5 Å². The molecule has 0 fully saturated rings. The second-order valence-corrected chi connectivity index (χ2v) is 6.32. The fraction of sp³-hybridized carbons (Fsp3) is 0.176. The number of thiazole rings is 1. The molecule has 3 N–H and O–H groups in total. The molecule has 24 heavy (non-hydrogen) atoms. The van der Waals surface area contributed by atoms with Crippen molar-refractivity contribution in [3.63, 3.8) is 0 Å². The molecule has 0 spiro atoms. The summed E-state index contributed by atoms with van der Waals surface area (Å²) in [5.41, 5.74) is 1.26. The van der Waals surface area contributed by atoms with Crippen molar-refractivity contribution in [2.24, 2.45) is 0 Å². The SMILES string of the molecule is O=C(NCc1cccc(F)c1)C(O)C(O)c1nc2ccccc2s1. The number of aliphatic hydroxyl groups excluding tert-OH is 2. The summed E-state index contributed by atoms with van der Waals surface area (Å²) in [6.45, 7) is 0.0558. The highest BCUT2D eigenvalue weighted by molar-refractivity contribution is 7.18. The zero-order valence-electron chi connectivity index (χ0n) is 12.5. The first kappa shape index (κ1) is 16.5. The average molecular weight is 346 g/mol. The maximum Gasteiger partial charge on any atom is 0.252 e. The van der Waals surface area contributed by atoms with E-state index in [4.69, 9.17) is 0 Å². The van der Waals surface area contributed by atoms with Crippen molar-refractivity contribution in [3.05, 3.63) is 64.9 Å². The lowest BCUT2D eigenvalue weighted by Gasteiger charge is -2.15. The van der Waals surface area contributed by atoms with Gasteiger partial charge in [0.2, 0.25) is 0 Å². The van der Waals surface area contributed by atoms with Crippen LogP contribution in [0.2, 0.25) is 0 Å². The zero-order chi connectivity index (χ0) is 17.1. The highest BCUT2D eigenvalue weighted by Crippen LogP contribution is 2.27. The highest BCUT2D eigenvalue weighted by atomic mass is 32.1. The molecule has 124 valence electrons. The number of hydrogen-bond acceptors (Lipinski definition) is 5. The van der Waals surface area contributed by atoms with Crippen LogP contribution in [0, 0.1) is 5.82 Å². The molecule has 5 nitrogen and oxygen atoms in total. The number of rotatable bonds is 5. The number of aliphatic hydroxyl groups is 2. The van der Waals surface area contributed by atoms with Gasteiger partial charge < -0.3 is 15.5 Å². The van der Waals surface area contributed by atoms with E-state index in [0.717, 1.165) is 4.70 Å². The minimum Gasteiger partial charge on any atom is -0.383 e. The van der Waals surface area contributed by atoms with Crippen molar-refractivity contribution in [2.45, 2.75) is 18.8 Å². The Morgan fingerprint density at radius 1 is 1.21 bits per heavy atom. The van der Waals surface area contributed by atoms with Crippen molar-refractivity contribution < 1.29 is 19.4 Å². The summed E-state index contributed by atoms with van der Waals surface area (Å²) in [6.07, 6.45) is -3.07. The maximum absolute atomic E-state index is 13.1. The van der Waals surface area contributed by atoms with Gasteiger partial charge in [-0.25, -0.2) is 9.37 Å². The van der Waals surface area contributed by atoms with Gasteiger partial charge in [0, 0.05) is 6.54 Å². The zero-order valence-corrected chi connectivity index (χ0v) is 13.3. The van der Waals surface area contributed by atoms with E-state index in [0.29, 0.717) is 11.1 Å². The third kappa shape index (κ3) is 3.59. The molecule has 3 rings (SSSR count). The van der Waals surface area contributed by atoms with Crippen molar-refractivity contribution in [3.8, 4) is 0 Å². The first-order valence-corrected chi connectivity index (χ1v) is 8.10. The summed E-state index contributed by atoms with van der Waals surface area (Å²) < 4.78 is 14.0. The van der Waals surface area contributed by atoms with Crippen LogP contribution in [0.25, 0.3) is 10.2 Å². The summed E-state index contributed by atoms with van der Waals surface area (Å²) >= 11 is 1.22. The van der Waals surface area contributed by atoms with Crippen LogP contribution in [0.5, 0.6) is 0 Å². The fourth-order valence-corrected chi connectivity index (χ4v) is 3.22. The van der Waals surface area contributed by atoms with Crippen LogP contribution in [-0.4, -0.2) is 27.2 Å². The maximum atomic E-state index is 13.1. The number of hydrogen-bond donors (Lipinski definition) is 3. The van der Waals surface area contributed by atoms with E-state index < -0.39 is 23.9 Å². The van der Waals surface area contributed by atoms with Gasteiger partial charge in [-0.3, -0.25) is 4.79 Å². The van der Waals surface area contributed by atoms with E-state index in [-0.39, 0.29) is 11.6 Å². The number of carbonyl (C=O) groups excluding carboxylic acids is 1. The Kier molecular flexibility index (Phi) is 4.84. The van der Waals surface area contributed by atoms with Gasteiger partial charge in [-0.15, -0.1) is 11.3 Å². The van der Waals surface area contributed by atoms with E-state index in [2.05, 4.69) is 10.3 Å². The summed E-state index contributed by atoms with van der Waals surface area (Å²) in [5, 5.41) is 22.9. The number of para-hydroxylation sites is 1. The number of halogens is 1. The van der Waals surface area contributed by atoms with Gasteiger partial charge >= 0.3 is 0 Å². The number of aromatic nitrogens is 1. The monoisotopic (exact) mass is 346 g/mol. The number of fused-ring (bicyclic) bond motifs is 1. The number of amides is 1. The summed E-state index contributed by atoms with van der Waals surface area (Å²) in [5.74, 6) is -1.15. The second-order valence-electron chi connectivity index (χ2n) is 5.26. The molecule has 2 atom stereocenters. The smallest absolute Gasteiger partial charge is 0.252 e. The number of nitrogens with zero attached hydrogens (tertiary/aromatic N) is 1. The Labute approximate surface area is 141 Å². The summed E-state index contributed by atoms with van der Waals surface area (Å²) in [7, 11) is 0. The third-order valence-electron chi connectivity index (χ3n) is 3.49. The molecule has 0 aliphatic rings. The minimum absolute atomic E-state index is 0.0558. The standard InChI is InChI=1S/C17H15FN2O3S/c18-11-5-3-4-10(8-11)9-19-16(23)14(21)15(22)17-20-12-6-1-2-7-13(12)24-17/h1-8,14-15,21-22H,9H2,(H,19,23). The van der Waals surface area contributed by atoms with Crippen molar-refractivity contribution in [2.75, 3.05) is 0 Å². The van der Waals surface area contributed by atoms with Crippen molar-refractivity contribution in [1.29, 1.82) is 0 Å². The summed E-state index contributed by atoms with van der Waals surface area (Å²) in [6, 6.07) is 13.1. The molecule has 0 saturated carbocycles. The van der Waals surface area contributed by atoms with Crippen LogP contribution in [-0.2, 0) is 11.3 Å². The van der Waals surface area contributed by atoms with Gasteiger partial charge in [0.15, 0.2) is 6.10 Å². The molecule has 1 amide bonds.